The minimum atomic E-state index is -1.24. The summed E-state index contributed by atoms with van der Waals surface area (Å²) in [5.41, 5.74) is 6.74. The maximum Gasteiger partial charge on any atom is 0.262 e. The van der Waals surface area contributed by atoms with Gasteiger partial charge in [-0.1, -0.05) is 24.3 Å². The predicted octanol–water partition coefficient (Wildman–Crippen LogP) is 2.13. The lowest BCUT2D eigenvalue weighted by Gasteiger charge is -2.30. The highest BCUT2D eigenvalue weighted by Gasteiger charge is 2.46. The number of primary amides is 1. The van der Waals surface area contributed by atoms with Crippen LogP contribution in [0.25, 0.3) is 0 Å². The molecular weight excluding hydrogens is 435 g/mol. The van der Waals surface area contributed by atoms with Crippen LogP contribution >= 0.6 is 22.6 Å². The highest BCUT2D eigenvalue weighted by Crippen LogP contribution is 2.32. The maximum atomic E-state index is 12.7. The van der Waals surface area contributed by atoms with Crippen LogP contribution in [0.1, 0.15) is 32.4 Å². The summed E-state index contributed by atoms with van der Waals surface area (Å²) in [6.45, 7) is 0. The molecule has 0 bridgehead atoms. The molecule has 0 aromatic heterocycles. The third-order valence-corrected chi connectivity index (χ3v) is 4.78. The fourth-order valence-corrected chi connectivity index (χ4v) is 3.57. The van der Waals surface area contributed by atoms with E-state index in [0.717, 1.165) is 8.47 Å². The van der Waals surface area contributed by atoms with Gasteiger partial charge in [-0.3, -0.25) is 19.3 Å². The average Bonchev–Trinajstić information content (AvgIpc) is 2.84. The quantitative estimate of drug-likeness (QED) is 0.559. The first-order chi connectivity index (χ1) is 12.0. The minimum Gasteiger partial charge on any atom is -0.374 e. The smallest absolute Gasteiger partial charge is 0.262 e. The summed E-state index contributed by atoms with van der Waals surface area (Å²) >= 11 is 2.13. The topological polar surface area (TPSA) is 89.7 Å². The summed E-state index contributed by atoms with van der Waals surface area (Å²) in [5, 5.41) is 0. The number of benzene rings is 2. The van der Waals surface area contributed by atoms with Gasteiger partial charge < -0.3 is 10.5 Å². The second-order valence-corrected chi connectivity index (χ2v) is 6.83. The number of rotatable bonds is 5. The van der Waals surface area contributed by atoms with Crippen LogP contribution in [0.3, 0.4) is 0 Å². The number of carbonyl (C=O) groups excluding carboxylic acids is 3. The van der Waals surface area contributed by atoms with Crippen LogP contribution in [0.5, 0.6) is 0 Å². The highest BCUT2D eigenvalue weighted by atomic mass is 127. The lowest BCUT2D eigenvalue weighted by molar-refractivity contribution is -0.126. The van der Waals surface area contributed by atoms with Crippen LogP contribution in [0.4, 0.5) is 0 Å². The molecule has 2 atom stereocenters. The Morgan fingerprint density at radius 2 is 1.68 bits per heavy atom. The number of amides is 3. The van der Waals surface area contributed by atoms with Crippen molar-refractivity contribution in [2.45, 2.75) is 12.1 Å². The molecule has 0 spiro atoms. The Labute approximate surface area is 158 Å². The SMILES string of the molecule is COC(c1cccc(I)c1)C(C(N)=O)N1C(=O)c2ccccc2C1=O. The molecule has 0 fully saturated rings. The molecule has 2 N–H and O–H groups in total. The molecule has 0 saturated carbocycles. The predicted molar refractivity (Wildman–Crippen MR) is 98.8 cm³/mol. The first kappa shape index (κ1) is 17.6. The maximum absolute atomic E-state index is 12.7. The van der Waals surface area contributed by atoms with Crippen LogP contribution in [0.15, 0.2) is 48.5 Å². The molecule has 0 radical (unpaired) electrons. The van der Waals surface area contributed by atoms with Crippen molar-refractivity contribution in [3.63, 3.8) is 0 Å². The van der Waals surface area contributed by atoms with Crippen LogP contribution in [-0.4, -0.2) is 35.8 Å². The zero-order valence-electron chi connectivity index (χ0n) is 13.3. The molecule has 6 nitrogen and oxygen atoms in total. The fourth-order valence-electron chi connectivity index (χ4n) is 3.00. The summed E-state index contributed by atoms with van der Waals surface area (Å²) < 4.78 is 6.41. The van der Waals surface area contributed by atoms with Gasteiger partial charge in [-0.15, -0.1) is 0 Å². The summed E-state index contributed by atoms with van der Waals surface area (Å²) in [5.74, 6) is -1.89. The normalized spacial score (nSPS) is 15.8. The highest BCUT2D eigenvalue weighted by molar-refractivity contribution is 14.1. The van der Waals surface area contributed by atoms with Crippen molar-refractivity contribution < 1.29 is 19.1 Å². The molecule has 1 heterocycles. The zero-order valence-corrected chi connectivity index (χ0v) is 15.5. The van der Waals surface area contributed by atoms with Crippen molar-refractivity contribution in [2.24, 2.45) is 5.73 Å². The van der Waals surface area contributed by atoms with Gasteiger partial charge in [-0.2, -0.15) is 0 Å². The molecule has 2 unspecified atom stereocenters. The number of imide groups is 1. The average molecular weight is 450 g/mol. The van der Waals surface area contributed by atoms with E-state index in [1.807, 2.05) is 18.2 Å². The lowest BCUT2D eigenvalue weighted by atomic mass is 10.00. The van der Waals surface area contributed by atoms with E-state index in [1.165, 1.54) is 7.11 Å². The number of hydrogen-bond acceptors (Lipinski definition) is 4. The molecule has 25 heavy (non-hydrogen) atoms. The van der Waals surface area contributed by atoms with Gasteiger partial charge in [0.05, 0.1) is 11.1 Å². The summed E-state index contributed by atoms with van der Waals surface area (Å²) in [6, 6.07) is 12.5. The second-order valence-electron chi connectivity index (χ2n) is 5.58. The van der Waals surface area contributed by atoms with E-state index in [-0.39, 0.29) is 11.1 Å². The number of carbonyl (C=O) groups is 3. The van der Waals surface area contributed by atoms with Crippen molar-refractivity contribution in [1.29, 1.82) is 0 Å². The van der Waals surface area contributed by atoms with Crippen LogP contribution < -0.4 is 5.73 Å². The van der Waals surface area contributed by atoms with Gasteiger partial charge in [0.15, 0.2) is 0 Å². The van der Waals surface area contributed by atoms with Crippen LogP contribution in [0, 0.1) is 3.57 Å². The monoisotopic (exact) mass is 450 g/mol. The fraction of sp³-hybridized carbons (Fsp3) is 0.167. The van der Waals surface area contributed by atoms with Gasteiger partial charge in [0.25, 0.3) is 11.8 Å². The number of hydrogen-bond donors (Lipinski definition) is 1. The van der Waals surface area contributed by atoms with E-state index in [0.29, 0.717) is 5.56 Å². The van der Waals surface area contributed by atoms with Gasteiger partial charge in [-0.05, 0) is 52.4 Å². The number of nitrogens with two attached hydrogens (primary N) is 1. The molecule has 1 aliphatic rings. The van der Waals surface area contributed by atoms with E-state index < -0.39 is 29.9 Å². The largest absolute Gasteiger partial charge is 0.374 e. The lowest BCUT2D eigenvalue weighted by Crippen LogP contribution is -2.51. The van der Waals surface area contributed by atoms with Gasteiger partial charge >= 0.3 is 0 Å². The third-order valence-electron chi connectivity index (χ3n) is 4.11. The summed E-state index contributed by atoms with van der Waals surface area (Å²) in [4.78, 5) is 38.5. The number of ether oxygens (including phenoxy) is 1. The number of methoxy groups -OCH3 is 1. The molecule has 0 aliphatic carbocycles. The van der Waals surface area contributed by atoms with Gasteiger partial charge in [-0.25, -0.2) is 0 Å². The van der Waals surface area contributed by atoms with Gasteiger partial charge in [0, 0.05) is 10.7 Å². The first-order valence-corrected chi connectivity index (χ1v) is 8.58. The van der Waals surface area contributed by atoms with E-state index in [2.05, 4.69) is 22.6 Å². The Kier molecular flexibility index (Phi) is 4.87. The van der Waals surface area contributed by atoms with Crippen molar-refractivity contribution in [3.8, 4) is 0 Å². The van der Waals surface area contributed by atoms with E-state index in [9.17, 15) is 14.4 Å². The van der Waals surface area contributed by atoms with Gasteiger partial charge in [0.2, 0.25) is 5.91 Å². The molecule has 128 valence electrons. The van der Waals surface area contributed by atoms with Crippen LogP contribution in [-0.2, 0) is 9.53 Å². The molecule has 3 amide bonds. The standard InChI is InChI=1S/C18H15IN2O4/c1-25-15(10-5-4-6-11(19)9-10)14(16(20)22)21-17(23)12-7-2-3-8-13(12)18(21)24/h2-9,14-15H,1H3,(H2,20,22). The van der Waals surface area contributed by atoms with Crippen molar-refractivity contribution in [1.82, 2.24) is 4.90 Å². The Hall–Kier alpha value is -2.26. The number of fused-ring (bicyclic) bond motifs is 1. The molecule has 2 aromatic rings. The Morgan fingerprint density at radius 3 is 2.16 bits per heavy atom. The van der Waals surface area contributed by atoms with Crippen molar-refractivity contribution in [2.75, 3.05) is 7.11 Å². The number of nitrogens with zero attached hydrogens (tertiary/aromatic N) is 1. The Morgan fingerprint density at radius 1 is 1.08 bits per heavy atom. The van der Waals surface area contributed by atoms with E-state index in [1.54, 1.807) is 30.3 Å². The second kappa shape index (κ2) is 6.93. The molecule has 1 aliphatic heterocycles. The zero-order chi connectivity index (χ0) is 18.1. The molecular formula is C18H15IN2O4. The number of halogens is 1. The molecule has 3 rings (SSSR count). The van der Waals surface area contributed by atoms with Gasteiger partial charge in [0.1, 0.15) is 12.1 Å². The minimum absolute atomic E-state index is 0.260. The van der Waals surface area contributed by atoms with Crippen molar-refractivity contribution in [3.05, 3.63) is 68.8 Å². The summed E-state index contributed by atoms with van der Waals surface area (Å²) in [6.07, 6.45) is -0.852. The summed E-state index contributed by atoms with van der Waals surface area (Å²) in [7, 11) is 1.42. The molecule has 2 aromatic carbocycles. The Balaban J connectivity index is 2.06. The molecule has 7 heteroatoms. The third kappa shape index (κ3) is 3.05. The first-order valence-electron chi connectivity index (χ1n) is 7.50. The Bertz CT molecular complexity index is 833. The molecule has 0 saturated heterocycles. The van der Waals surface area contributed by atoms with Crippen LogP contribution in [0.2, 0.25) is 0 Å². The van der Waals surface area contributed by atoms with E-state index in [4.69, 9.17) is 10.5 Å². The van der Waals surface area contributed by atoms with E-state index >= 15 is 0 Å². The van der Waals surface area contributed by atoms with Crippen molar-refractivity contribution >= 4 is 40.3 Å².